The molecule has 1 N–H and O–H groups in total. The molecule has 0 bridgehead atoms. The van der Waals surface area contributed by atoms with Crippen molar-refractivity contribution in [2.45, 2.75) is 31.6 Å². The van der Waals surface area contributed by atoms with Gasteiger partial charge in [-0.3, -0.25) is 14.9 Å². The summed E-state index contributed by atoms with van der Waals surface area (Å²) in [6.45, 7) is 4.93. The first kappa shape index (κ1) is 27.2. The van der Waals surface area contributed by atoms with Gasteiger partial charge in [0.25, 0.3) is 5.69 Å². The SMILES string of the molecule is CCN(CC)C(=O)[C@@H]1CCCN(S(=O)(=O)c2cc([N+](=O)[O-])ccc2N=Nc2c(O)n(C)c3ccccc23)C1. The number of hydrogen-bond acceptors (Lipinski definition) is 8. The van der Waals surface area contributed by atoms with Crippen LogP contribution < -0.4 is 0 Å². The highest BCUT2D eigenvalue weighted by molar-refractivity contribution is 7.89. The van der Waals surface area contributed by atoms with Gasteiger partial charge in [-0.25, -0.2) is 8.42 Å². The predicted octanol–water partition coefficient (Wildman–Crippen LogP) is 4.48. The van der Waals surface area contributed by atoms with Crippen LogP contribution in [-0.2, 0) is 21.9 Å². The summed E-state index contributed by atoms with van der Waals surface area (Å²) in [5, 5.41) is 30.9. The largest absolute Gasteiger partial charge is 0.493 e. The molecule has 1 amide bonds. The van der Waals surface area contributed by atoms with Gasteiger partial charge >= 0.3 is 0 Å². The number of fused-ring (bicyclic) bond motifs is 1. The van der Waals surface area contributed by atoms with Crippen molar-refractivity contribution >= 4 is 43.9 Å². The lowest BCUT2D eigenvalue weighted by molar-refractivity contribution is -0.385. The van der Waals surface area contributed by atoms with Crippen LogP contribution in [0.1, 0.15) is 26.7 Å². The molecular weight excluding hydrogens is 512 g/mol. The number of piperidine rings is 1. The molecule has 38 heavy (non-hydrogen) atoms. The zero-order chi connectivity index (χ0) is 27.6. The molecule has 2 heterocycles. The van der Waals surface area contributed by atoms with Crippen LogP contribution in [0, 0.1) is 16.0 Å². The number of nitro groups is 1. The molecule has 1 aliphatic heterocycles. The quantitative estimate of drug-likeness (QED) is 0.252. The Bertz CT molecular complexity index is 1510. The fraction of sp³-hybridized carbons (Fsp3) is 0.400. The van der Waals surface area contributed by atoms with E-state index in [0.717, 1.165) is 12.1 Å². The first-order valence-corrected chi connectivity index (χ1v) is 13.8. The van der Waals surface area contributed by atoms with Gasteiger partial charge in [0.1, 0.15) is 10.6 Å². The number of azo groups is 1. The number of nitro benzene ring substituents is 1. The fourth-order valence-corrected chi connectivity index (χ4v) is 6.43. The van der Waals surface area contributed by atoms with Gasteiger partial charge in [0.2, 0.25) is 21.8 Å². The number of benzene rings is 2. The van der Waals surface area contributed by atoms with Crippen LogP contribution >= 0.6 is 0 Å². The number of aryl methyl sites for hydroxylation is 1. The van der Waals surface area contributed by atoms with Crippen LogP contribution in [0.4, 0.5) is 17.1 Å². The van der Waals surface area contributed by atoms with E-state index >= 15 is 0 Å². The number of hydrogen-bond donors (Lipinski definition) is 1. The van der Waals surface area contributed by atoms with Crippen LogP contribution in [0.15, 0.2) is 57.6 Å². The zero-order valence-corrected chi connectivity index (χ0v) is 22.3. The molecule has 1 aromatic heterocycles. The average Bonchev–Trinajstić information content (AvgIpc) is 3.17. The predicted molar refractivity (Wildman–Crippen MR) is 141 cm³/mol. The fourth-order valence-electron chi connectivity index (χ4n) is 4.76. The van der Waals surface area contributed by atoms with E-state index in [4.69, 9.17) is 0 Å². The average molecular weight is 543 g/mol. The van der Waals surface area contributed by atoms with Crippen LogP contribution in [0.2, 0.25) is 0 Å². The summed E-state index contributed by atoms with van der Waals surface area (Å²) in [6, 6.07) is 10.5. The molecule has 0 spiro atoms. The number of carbonyl (C=O) groups excluding carboxylic acids is 1. The molecule has 2 aromatic carbocycles. The minimum atomic E-state index is -4.27. The Morgan fingerprint density at radius 2 is 1.89 bits per heavy atom. The molecule has 0 saturated carbocycles. The van der Waals surface area contributed by atoms with E-state index in [2.05, 4.69) is 10.2 Å². The number of carbonyl (C=O) groups is 1. The Morgan fingerprint density at radius 3 is 2.58 bits per heavy atom. The van der Waals surface area contributed by atoms with Crippen molar-refractivity contribution in [2.24, 2.45) is 23.2 Å². The lowest BCUT2D eigenvalue weighted by atomic mass is 9.98. The molecule has 1 saturated heterocycles. The van der Waals surface area contributed by atoms with Gasteiger partial charge < -0.3 is 14.6 Å². The number of non-ortho nitro benzene ring substituents is 1. The van der Waals surface area contributed by atoms with Crippen LogP contribution in [0.25, 0.3) is 10.9 Å². The van der Waals surface area contributed by atoms with Gasteiger partial charge in [0.15, 0.2) is 5.69 Å². The summed E-state index contributed by atoms with van der Waals surface area (Å²) in [5.41, 5.74) is 0.323. The smallest absolute Gasteiger partial charge is 0.270 e. The maximum atomic E-state index is 13.8. The van der Waals surface area contributed by atoms with Gasteiger partial charge in [0, 0.05) is 50.7 Å². The zero-order valence-electron chi connectivity index (χ0n) is 21.4. The summed E-state index contributed by atoms with van der Waals surface area (Å²) >= 11 is 0. The molecule has 1 atom stereocenters. The van der Waals surface area contributed by atoms with E-state index < -0.39 is 26.6 Å². The van der Waals surface area contributed by atoms with Gasteiger partial charge in [-0.05, 0) is 38.8 Å². The molecule has 202 valence electrons. The maximum Gasteiger partial charge on any atom is 0.270 e. The van der Waals surface area contributed by atoms with E-state index in [0.29, 0.717) is 36.8 Å². The first-order valence-electron chi connectivity index (χ1n) is 12.4. The highest BCUT2D eigenvalue weighted by atomic mass is 32.2. The second-order valence-corrected chi connectivity index (χ2v) is 11.0. The number of sulfonamides is 1. The van der Waals surface area contributed by atoms with Crippen molar-refractivity contribution in [3.63, 3.8) is 0 Å². The van der Waals surface area contributed by atoms with Crippen molar-refractivity contribution in [3.8, 4) is 5.88 Å². The molecule has 3 aromatic rings. The van der Waals surface area contributed by atoms with Gasteiger partial charge in [-0.1, -0.05) is 18.2 Å². The summed E-state index contributed by atoms with van der Waals surface area (Å²) < 4.78 is 30.3. The minimum Gasteiger partial charge on any atom is -0.493 e. The lowest BCUT2D eigenvalue weighted by Gasteiger charge is -2.33. The second-order valence-electron chi connectivity index (χ2n) is 9.07. The molecule has 0 radical (unpaired) electrons. The number of aromatic nitrogens is 1. The third-order valence-corrected chi connectivity index (χ3v) is 8.78. The van der Waals surface area contributed by atoms with E-state index in [1.165, 1.54) is 14.9 Å². The topological polar surface area (TPSA) is 151 Å². The molecule has 1 aliphatic rings. The van der Waals surface area contributed by atoms with E-state index in [1.807, 2.05) is 13.8 Å². The Labute approximate surface area is 220 Å². The van der Waals surface area contributed by atoms with Gasteiger partial charge in [-0.15, -0.1) is 10.2 Å². The van der Waals surface area contributed by atoms with Crippen LogP contribution in [-0.4, -0.2) is 64.3 Å². The normalized spacial score (nSPS) is 16.8. The first-order chi connectivity index (χ1) is 18.1. The van der Waals surface area contributed by atoms with E-state index in [1.54, 1.807) is 36.2 Å². The molecule has 0 unspecified atom stereocenters. The lowest BCUT2D eigenvalue weighted by Crippen LogP contribution is -2.46. The number of para-hydroxylation sites is 1. The molecule has 4 rings (SSSR count). The monoisotopic (exact) mass is 542 g/mol. The highest BCUT2D eigenvalue weighted by Gasteiger charge is 2.36. The van der Waals surface area contributed by atoms with Crippen molar-refractivity contribution in [2.75, 3.05) is 26.2 Å². The molecule has 12 nitrogen and oxygen atoms in total. The number of aromatic hydroxyl groups is 1. The molecule has 13 heteroatoms. The van der Waals surface area contributed by atoms with Gasteiger partial charge in [-0.2, -0.15) is 4.31 Å². The molecule has 0 aliphatic carbocycles. The number of rotatable bonds is 8. The summed E-state index contributed by atoms with van der Waals surface area (Å²) in [4.78, 5) is 25.0. The van der Waals surface area contributed by atoms with E-state index in [9.17, 15) is 28.4 Å². The summed E-state index contributed by atoms with van der Waals surface area (Å²) in [5.74, 6) is -0.773. The third kappa shape index (κ3) is 4.98. The summed E-state index contributed by atoms with van der Waals surface area (Å²) in [6.07, 6.45) is 1.04. The Balaban J connectivity index is 1.74. The van der Waals surface area contributed by atoms with Crippen LogP contribution in [0.3, 0.4) is 0 Å². The van der Waals surface area contributed by atoms with Crippen molar-refractivity contribution in [1.82, 2.24) is 13.8 Å². The van der Waals surface area contributed by atoms with Crippen molar-refractivity contribution < 1.29 is 23.2 Å². The van der Waals surface area contributed by atoms with Gasteiger partial charge in [0.05, 0.1) is 16.4 Å². The summed E-state index contributed by atoms with van der Waals surface area (Å²) in [7, 11) is -2.61. The third-order valence-electron chi connectivity index (χ3n) is 6.89. The highest BCUT2D eigenvalue weighted by Crippen LogP contribution is 2.40. The standard InChI is InChI=1S/C25H30N6O6S/c1-4-29(5-2)24(32)17-9-8-14-30(16-17)38(36,37)22-15-18(31(34)35)12-13-20(22)26-27-23-19-10-6-7-11-21(19)28(3)25(23)33/h6-7,10-13,15,17,33H,4-5,8-9,14,16H2,1-3H3/t17-/m1/s1. The molecular formula is C25H30N6O6S. The van der Waals surface area contributed by atoms with Crippen molar-refractivity contribution in [3.05, 3.63) is 52.6 Å². The van der Waals surface area contributed by atoms with Crippen molar-refractivity contribution in [1.29, 1.82) is 0 Å². The maximum absolute atomic E-state index is 13.8. The number of nitrogens with zero attached hydrogens (tertiary/aromatic N) is 6. The molecule has 1 fully saturated rings. The number of amides is 1. The second kappa shape index (κ2) is 10.9. The Kier molecular flexibility index (Phi) is 7.78. The van der Waals surface area contributed by atoms with E-state index in [-0.39, 0.29) is 41.1 Å². The minimum absolute atomic E-state index is 0.0267. The Hall–Kier alpha value is -3.84. The Morgan fingerprint density at radius 1 is 1.18 bits per heavy atom. The van der Waals surface area contributed by atoms with Crippen LogP contribution in [0.5, 0.6) is 5.88 Å².